The molecule has 0 aromatic carbocycles. The van der Waals surface area contributed by atoms with Crippen molar-refractivity contribution in [1.29, 1.82) is 0 Å². The fourth-order valence-corrected chi connectivity index (χ4v) is 2.81. The van der Waals surface area contributed by atoms with Crippen molar-refractivity contribution in [2.24, 2.45) is 5.92 Å². The lowest BCUT2D eigenvalue weighted by atomic mass is 10.0. The van der Waals surface area contributed by atoms with Gasteiger partial charge >= 0.3 is 0 Å². The molecular weight excluding hydrogens is 172 g/mol. The van der Waals surface area contributed by atoms with E-state index >= 15 is 0 Å². The second-order valence-electron chi connectivity index (χ2n) is 5.04. The van der Waals surface area contributed by atoms with E-state index < -0.39 is 0 Å². The first kappa shape index (κ1) is 10.2. The predicted molar refractivity (Wildman–Crippen MR) is 60.1 cm³/mol. The molecule has 0 radical (unpaired) electrons. The van der Waals surface area contributed by atoms with Gasteiger partial charge in [0.2, 0.25) is 0 Å². The molecule has 2 fully saturated rings. The highest BCUT2D eigenvalue weighted by atomic mass is 15.1. The van der Waals surface area contributed by atoms with E-state index in [0.29, 0.717) is 6.04 Å². The maximum Gasteiger partial charge on any atom is 0.158 e. The van der Waals surface area contributed by atoms with Crippen molar-refractivity contribution in [3.63, 3.8) is 0 Å². The number of nitrogens with zero attached hydrogens (tertiary/aromatic N) is 1. The quantitative estimate of drug-likeness (QED) is 0.534. The first-order valence-corrected chi connectivity index (χ1v) is 6.08. The molecule has 0 aromatic heterocycles. The van der Waals surface area contributed by atoms with Gasteiger partial charge in [0.1, 0.15) is 6.72 Å². The van der Waals surface area contributed by atoms with Crippen LogP contribution < -0.4 is 5.32 Å². The van der Waals surface area contributed by atoms with Crippen LogP contribution in [0.15, 0.2) is 0 Å². The molecule has 0 aromatic rings. The summed E-state index contributed by atoms with van der Waals surface area (Å²) in [5.74, 6) is 0.834. The Bertz CT molecular complexity index is 206. The van der Waals surface area contributed by atoms with Crippen LogP contribution in [0.5, 0.6) is 0 Å². The van der Waals surface area contributed by atoms with E-state index in [0.717, 1.165) is 18.5 Å². The van der Waals surface area contributed by atoms with Crippen molar-refractivity contribution in [1.82, 2.24) is 5.32 Å². The van der Waals surface area contributed by atoms with E-state index in [9.17, 15) is 0 Å². The second-order valence-corrected chi connectivity index (χ2v) is 5.04. The van der Waals surface area contributed by atoms with Crippen molar-refractivity contribution >= 4 is 6.72 Å². The Balaban J connectivity index is 1.81. The van der Waals surface area contributed by atoms with E-state index in [1.807, 2.05) is 0 Å². The van der Waals surface area contributed by atoms with Gasteiger partial charge < -0.3 is 5.32 Å². The third kappa shape index (κ3) is 2.17. The average molecular weight is 195 g/mol. The molecule has 1 aliphatic carbocycles. The minimum Gasteiger partial charge on any atom is -0.308 e. The smallest absolute Gasteiger partial charge is 0.158 e. The van der Waals surface area contributed by atoms with E-state index in [1.54, 1.807) is 0 Å². The minimum absolute atomic E-state index is 0.688. The summed E-state index contributed by atoms with van der Waals surface area (Å²) < 4.78 is 2.34. The minimum atomic E-state index is 0.688. The van der Waals surface area contributed by atoms with Crippen molar-refractivity contribution in [3.05, 3.63) is 0 Å². The summed E-state index contributed by atoms with van der Waals surface area (Å²) in [6.07, 6.45) is 6.88. The van der Waals surface area contributed by atoms with E-state index in [1.165, 1.54) is 38.6 Å². The molecule has 2 rings (SSSR count). The summed E-state index contributed by atoms with van der Waals surface area (Å²) in [7, 11) is 0. The zero-order chi connectivity index (χ0) is 9.97. The maximum atomic E-state index is 4.21. The third-order valence-electron chi connectivity index (χ3n) is 3.97. The molecule has 2 aliphatic rings. The predicted octanol–water partition coefficient (Wildman–Crippen LogP) is 1.64. The number of hydrogen-bond acceptors (Lipinski definition) is 1. The molecule has 2 atom stereocenters. The molecular formula is C12H23N2+. The van der Waals surface area contributed by atoms with Gasteiger partial charge in [0, 0.05) is 12.8 Å². The van der Waals surface area contributed by atoms with Crippen molar-refractivity contribution in [3.8, 4) is 0 Å². The molecule has 80 valence electrons. The molecule has 1 saturated carbocycles. The van der Waals surface area contributed by atoms with Crippen LogP contribution in [0.25, 0.3) is 0 Å². The zero-order valence-electron chi connectivity index (χ0n) is 9.34. The summed E-state index contributed by atoms with van der Waals surface area (Å²) in [6, 6.07) is 1.46. The molecule has 1 unspecified atom stereocenters. The van der Waals surface area contributed by atoms with Crippen LogP contribution in [-0.2, 0) is 0 Å². The molecule has 1 N–H and O–H groups in total. The normalized spacial score (nSPS) is 33.8. The molecule has 0 bridgehead atoms. The first-order chi connectivity index (χ1) is 6.77. The Hall–Kier alpha value is -0.370. The number of nitrogens with one attached hydrogen (secondary N) is 1. The SMILES string of the molecule is C=[N+](C[C@@H]1NCCC1C)C1CCCC1. The van der Waals surface area contributed by atoms with Gasteiger partial charge in [-0.05, 0) is 31.7 Å². The van der Waals surface area contributed by atoms with E-state index in [2.05, 4.69) is 23.5 Å². The van der Waals surface area contributed by atoms with Crippen LogP contribution in [0.2, 0.25) is 0 Å². The Labute approximate surface area is 87.4 Å². The van der Waals surface area contributed by atoms with Crippen LogP contribution in [0, 0.1) is 5.92 Å². The van der Waals surface area contributed by atoms with Gasteiger partial charge in [0.15, 0.2) is 12.6 Å². The van der Waals surface area contributed by atoms with Crippen molar-refractivity contribution in [2.75, 3.05) is 13.1 Å². The Morgan fingerprint density at radius 1 is 1.29 bits per heavy atom. The largest absolute Gasteiger partial charge is 0.308 e. The molecule has 2 nitrogen and oxygen atoms in total. The monoisotopic (exact) mass is 195 g/mol. The van der Waals surface area contributed by atoms with Gasteiger partial charge in [-0.15, -0.1) is 0 Å². The Kier molecular flexibility index (Phi) is 3.22. The molecule has 1 aliphatic heterocycles. The van der Waals surface area contributed by atoms with Gasteiger partial charge in [-0.3, -0.25) is 0 Å². The van der Waals surface area contributed by atoms with Gasteiger partial charge in [0.05, 0.1) is 6.04 Å². The number of rotatable bonds is 3. The maximum absolute atomic E-state index is 4.21. The topological polar surface area (TPSA) is 15.0 Å². The van der Waals surface area contributed by atoms with Crippen molar-refractivity contribution in [2.45, 2.75) is 51.1 Å². The number of hydrogen-bond donors (Lipinski definition) is 1. The molecule has 2 heteroatoms. The summed E-state index contributed by atoms with van der Waals surface area (Å²) in [5.41, 5.74) is 0. The lowest BCUT2D eigenvalue weighted by molar-refractivity contribution is -0.560. The fraction of sp³-hybridized carbons (Fsp3) is 0.917. The lowest BCUT2D eigenvalue weighted by Gasteiger charge is -2.16. The third-order valence-corrected chi connectivity index (χ3v) is 3.97. The van der Waals surface area contributed by atoms with Gasteiger partial charge in [0.25, 0.3) is 0 Å². The molecule has 14 heavy (non-hydrogen) atoms. The second kappa shape index (κ2) is 4.43. The van der Waals surface area contributed by atoms with Crippen LogP contribution in [0.1, 0.15) is 39.0 Å². The Morgan fingerprint density at radius 2 is 2.00 bits per heavy atom. The molecule has 0 spiro atoms. The Morgan fingerprint density at radius 3 is 2.57 bits per heavy atom. The summed E-state index contributed by atoms with van der Waals surface area (Å²) in [5, 5.41) is 3.58. The zero-order valence-corrected chi connectivity index (χ0v) is 9.34. The highest BCUT2D eigenvalue weighted by Gasteiger charge is 2.30. The first-order valence-electron chi connectivity index (χ1n) is 6.08. The highest BCUT2D eigenvalue weighted by Crippen LogP contribution is 2.22. The van der Waals surface area contributed by atoms with E-state index in [-0.39, 0.29) is 0 Å². The van der Waals surface area contributed by atoms with Gasteiger partial charge in [-0.2, -0.15) is 0 Å². The molecule has 1 heterocycles. The highest BCUT2D eigenvalue weighted by molar-refractivity contribution is 5.15. The molecule has 0 amide bonds. The standard InChI is InChI=1S/C12H23N2/c1-10-7-8-13-12(10)9-14(2)11-5-3-4-6-11/h10-13H,2-9H2,1H3/q+1/t10?,12-/m0/s1. The van der Waals surface area contributed by atoms with Crippen LogP contribution in [0.4, 0.5) is 0 Å². The van der Waals surface area contributed by atoms with Crippen LogP contribution in [0.3, 0.4) is 0 Å². The van der Waals surface area contributed by atoms with Crippen LogP contribution in [-0.4, -0.2) is 36.5 Å². The van der Waals surface area contributed by atoms with Gasteiger partial charge in [-0.25, -0.2) is 4.58 Å². The average Bonchev–Trinajstić information content (AvgIpc) is 2.77. The lowest BCUT2D eigenvalue weighted by Crippen LogP contribution is -2.38. The molecule has 1 saturated heterocycles. The van der Waals surface area contributed by atoms with Crippen LogP contribution >= 0.6 is 0 Å². The van der Waals surface area contributed by atoms with Crippen molar-refractivity contribution < 1.29 is 4.58 Å². The summed E-state index contributed by atoms with van der Waals surface area (Å²) in [4.78, 5) is 0. The summed E-state index contributed by atoms with van der Waals surface area (Å²) in [6.45, 7) is 8.91. The summed E-state index contributed by atoms with van der Waals surface area (Å²) >= 11 is 0. The van der Waals surface area contributed by atoms with Gasteiger partial charge in [-0.1, -0.05) is 6.92 Å². The fourth-order valence-electron chi connectivity index (χ4n) is 2.81. The van der Waals surface area contributed by atoms with E-state index in [4.69, 9.17) is 0 Å².